The number of hydrogen-bond acceptors (Lipinski definition) is 2. The van der Waals surface area contributed by atoms with Crippen LogP contribution in [0.3, 0.4) is 0 Å². The third-order valence-electron chi connectivity index (χ3n) is 4.58. The molecule has 0 aromatic heterocycles. The van der Waals surface area contributed by atoms with Crippen LogP contribution in [0, 0.1) is 23.7 Å². The van der Waals surface area contributed by atoms with Gasteiger partial charge in [-0.3, -0.25) is 0 Å². The van der Waals surface area contributed by atoms with Gasteiger partial charge in [-0.25, -0.2) is 0 Å². The third-order valence-corrected chi connectivity index (χ3v) is 4.58. The standard InChI is InChI=1S/C11H14O2/c12-7-4-8-9-5-1-2-6(3-5)10(9)11(7)13-8/h1-2,5-12H,3-4H2. The van der Waals surface area contributed by atoms with Crippen molar-refractivity contribution >= 4 is 0 Å². The Balaban J connectivity index is 1.79. The molecule has 2 aliphatic carbocycles. The van der Waals surface area contributed by atoms with Gasteiger partial charge in [-0.05, 0) is 30.1 Å². The molecule has 0 amide bonds. The lowest BCUT2D eigenvalue weighted by molar-refractivity contribution is 0.0244. The van der Waals surface area contributed by atoms with E-state index < -0.39 is 0 Å². The van der Waals surface area contributed by atoms with E-state index in [0.717, 1.165) is 24.2 Å². The van der Waals surface area contributed by atoms with Crippen LogP contribution in [0.25, 0.3) is 0 Å². The Bertz CT molecular complexity index is 286. The Morgan fingerprint density at radius 1 is 1.08 bits per heavy atom. The molecule has 13 heavy (non-hydrogen) atoms. The van der Waals surface area contributed by atoms with Crippen molar-refractivity contribution in [3.63, 3.8) is 0 Å². The minimum Gasteiger partial charge on any atom is -0.390 e. The van der Waals surface area contributed by atoms with Gasteiger partial charge in [0.25, 0.3) is 0 Å². The van der Waals surface area contributed by atoms with Crippen LogP contribution in [0.5, 0.6) is 0 Å². The molecule has 70 valence electrons. The predicted molar refractivity (Wildman–Crippen MR) is 47.0 cm³/mol. The second-order valence-electron chi connectivity index (χ2n) is 5.05. The van der Waals surface area contributed by atoms with Crippen molar-refractivity contribution in [3.8, 4) is 0 Å². The van der Waals surface area contributed by atoms with E-state index in [1.165, 1.54) is 6.42 Å². The van der Waals surface area contributed by atoms with Gasteiger partial charge in [0.1, 0.15) is 0 Å². The normalized spacial score (nSPS) is 66.4. The Kier molecular flexibility index (Phi) is 1.09. The molecule has 7 unspecified atom stereocenters. The third kappa shape index (κ3) is 0.658. The Hall–Kier alpha value is -0.340. The SMILES string of the molecule is OC1CC2OC1C1C3C=CC(C3)C21. The molecule has 2 saturated heterocycles. The molecule has 2 nitrogen and oxygen atoms in total. The van der Waals surface area contributed by atoms with Crippen molar-refractivity contribution in [2.75, 3.05) is 0 Å². The van der Waals surface area contributed by atoms with Crippen LogP contribution in [-0.4, -0.2) is 23.4 Å². The van der Waals surface area contributed by atoms with E-state index in [1.54, 1.807) is 0 Å². The molecule has 1 N–H and O–H groups in total. The van der Waals surface area contributed by atoms with Gasteiger partial charge in [0.05, 0.1) is 18.3 Å². The van der Waals surface area contributed by atoms with Crippen LogP contribution in [0.1, 0.15) is 12.8 Å². The Morgan fingerprint density at radius 2 is 1.85 bits per heavy atom. The summed E-state index contributed by atoms with van der Waals surface area (Å²) in [4.78, 5) is 0. The van der Waals surface area contributed by atoms with E-state index in [-0.39, 0.29) is 12.2 Å². The monoisotopic (exact) mass is 178 g/mol. The summed E-state index contributed by atoms with van der Waals surface area (Å²) in [6.07, 6.45) is 7.34. The summed E-state index contributed by atoms with van der Waals surface area (Å²) in [7, 11) is 0. The van der Waals surface area contributed by atoms with Crippen LogP contribution in [0.2, 0.25) is 0 Å². The van der Waals surface area contributed by atoms with Crippen LogP contribution in [0.4, 0.5) is 0 Å². The molecule has 2 heteroatoms. The van der Waals surface area contributed by atoms with E-state index in [1.807, 2.05) is 0 Å². The molecule has 4 aliphatic rings. The Labute approximate surface area is 77.6 Å². The second kappa shape index (κ2) is 2.01. The maximum absolute atomic E-state index is 9.75. The maximum Gasteiger partial charge on any atom is 0.0876 e. The molecule has 4 rings (SSSR count). The predicted octanol–water partition coefficient (Wildman–Crippen LogP) is 0.957. The molecule has 2 aliphatic heterocycles. The fraction of sp³-hybridized carbons (Fsp3) is 0.818. The van der Waals surface area contributed by atoms with Gasteiger partial charge in [0.15, 0.2) is 0 Å². The highest BCUT2D eigenvalue weighted by Gasteiger charge is 2.62. The van der Waals surface area contributed by atoms with Crippen LogP contribution in [-0.2, 0) is 4.74 Å². The zero-order valence-electron chi connectivity index (χ0n) is 7.47. The van der Waals surface area contributed by atoms with Gasteiger partial charge < -0.3 is 9.84 Å². The molecule has 0 spiro atoms. The highest BCUT2D eigenvalue weighted by molar-refractivity contribution is 5.21. The molecule has 7 atom stereocenters. The molecule has 3 fully saturated rings. The van der Waals surface area contributed by atoms with Crippen molar-refractivity contribution < 1.29 is 9.84 Å². The number of fused-ring (bicyclic) bond motifs is 9. The molecule has 4 bridgehead atoms. The van der Waals surface area contributed by atoms with E-state index in [9.17, 15) is 5.11 Å². The van der Waals surface area contributed by atoms with Crippen molar-refractivity contribution in [2.24, 2.45) is 23.7 Å². The molecule has 0 aromatic rings. The lowest BCUT2D eigenvalue weighted by Crippen LogP contribution is -2.38. The van der Waals surface area contributed by atoms with Gasteiger partial charge in [0, 0.05) is 6.42 Å². The fourth-order valence-corrected chi connectivity index (χ4v) is 4.20. The average molecular weight is 178 g/mol. The van der Waals surface area contributed by atoms with E-state index in [4.69, 9.17) is 4.74 Å². The van der Waals surface area contributed by atoms with E-state index >= 15 is 0 Å². The summed E-state index contributed by atoms with van der Waals surface area (Å²) in [6.45, 7) is 0. The zero-order valence-corrected chi connectivity index (χ0v) is 7.47. The molecule has 0 radical (unpaired) electrons. The first-order chi connectivity index (χ1) is 6.34. The van der Waals surface area contributed by atoms with Crippen molar-refractivity contribution in [1.82, 2.24) is 0 Å². The lowest BCUT2D eigenvalue weighted by atomic mass is 9.72. The van der Waals surface area contributed by atoms with Gasteiger partial charge in [-0.2, -0.15) is 0 Å². The molecule has 1 saturated carbocycles. The van der Waals surface area contributed by atoms with Gasteiger partial charge in [-0.15, -0.1) is 0 Å². The topological polar surface area (TPSA) is 29.5 Å². The highest BCUT2D eigenvalue weighted by atomic mass is 16.5. The summed E-state index contributed by atoms with van der Waals surface area (Å²) < 4.78 is 5.84. The summed E-state index contributed by atoms with van der Waals surface area (Å²) in [6, 6.07) is 0. The van der Waals surface area contributed by atoms with Crippen molar-refractivity contribution in [3.05, 3.63) is 12.2 Å². The second-order valence-corrected chi connectivity index (χ2v) is 5.05. The maximum atomic E-state index is 9.75. The zero-order chi connectivity index (χ0) is 8.58. The largest absolute Gasteiger partial charge is 0.390 e. The number of ether oxygens (including phenoxy) is 1. The highest BCUT2D eigenvalue weighted by Crippen LogP contribution is 2.59. The number of aliphatic hydroxyl groups excluding tert-OH is 1. The quantitative estimate of drug-likeness (QED) is 0.560. The van der Waals surface area contributed by atoms with Crippen LogP contribution >= 0.6 is 0 Å². The number of aliphatic hydroxyl groups is 1. The van der Waals surface area contributed by atoms with Gasteiger partial charge in [-0.1, -0.05) is 12.2 Å². The first-order valence-electron chi connectivity index (χ1n) is 5.36. The van der Waals surface area contributed by atoms with E-state index in [2.05, 4.69) is 12.2 Å². The van der Waals surface area contributed by atoms with Gasteiger partial charge in [0.2, 0.25) is 0 Å². The van der Waals surface area contributed by atoms with Crippen molar-refractivity contribution in [1.29, 1.82) is 0 Å². The first kappa shape index (κ1) is 7.02. The molecular formula is C11H14O2. The molecule has 0 aromatic carbocycles. The fourth-order valence-electron chi connectivity index (χ4n) is 4.20. The minimum absolute atomic E-state index is 0.168. The molecule has 2 heterocycles. The van der Waals surface area contributed by atoms with E-state index in [0.29, 0.717) is 12.0 Å². The van der Waals surface area contributed by atoms with Crippen LogP contribution < -0.4 is 0 Å². The molecular weight excluding hydrogens is 164 g/mol. The summed E-state index contributed by atoms with van der Waals surface area (Å²) >= 11 is 0. The number of allylic oxidation sites excluding steroid dienone is 2. The summed E-state index contributed by atoms with van der Waals surface area (Å²) in [5, 5.41) is 9.75. The van der Waals surface area contributed by atoms with Gasteiger partial charge >= 0.3 is 0 Å². The Morgan fingerprint density at radius 3 is 2.69 bits per heavy atom. The smallest absolute Gasteiger partial charge is 0.0876 e. The van der Waals surface area contributed by atoms with Crippen LogP contribution in [0.15, 0.2) is 12.2 Å². The summed E-state index contributed by atoms with van der Waals surface area (Å²) in [5.74, 6) is 2.91. The van der Waals surface area contributed by atoms with Crippen molar-refractivity contribution in [2.45, 2.75) is 31.2 Å². The first-order valence-corrected chi connectivity index (χ1v) is 5.36. The number of hydrogen-bond donors (Lipinski definition) is 1. The summed E-state index contributed by atoms with van der Waals surface area (Å²) in [5.41, 5.74) is 0. The number of rotatable bonds is 0. The lowest BCUT2D eigenvalue weighted by Gasteiger charge is -2.31. The minimum atomic E-state index is -0.168. The average Bonchev–Trinajstić information content (AvgIpc) is 2.78.